The first kappa shape index (κ1) is 10.5. The predicted octanol–water partition coefficient (Wildman–Crippen LogP) is 2.05. The molecule has 2 unspecified atom stereocenters. The molecule has 0 aromatic carbocycles. The smallest absolute Gasteiger partial charge is 0.305 e. The standard InChI is InChI=1S/C10H18O3/c1-10(2,3)8-5-4-7(13-8)6-9(11)12/h7-8H,4-6H2,1-3H3,(H,11,12). The molecule has 0 aliphatic carbocycles. The number of carboxylic acid groups (broad SMARTS) is 1. The summed E-state index contributed by atoms with van der Waals surface area (Å²) in [6, 6.07) is 0. The van der Waals surface area contributed by atoms with Gasteiger partial charge in [-0.3, -0.25) is 4.79 Å². The van der Waals surface area contributed by atoms with Crippen molar-refractivity contribution in [3.8, 4) is 0 Å². The number of hydrogen-bond donors (Lipinski definition) is 1. The average molecular weight is 186 g/mol. The molecule has 1 aliphatic heterocycles. The lowest BCUT2D eigenvalue weighted by Crippen LogP contribution is -2.27. The van der Waals surface area contributed by atoms with Crippen molar-refractivity contribution in [2.75, 3.05) is 0 Å². The SMILES string of the molecule is CC(C)(C)C1CCC(CC(=O)O)O1. The number of carbonyl (C=O) groups is 1. The van der Waals surface area contributed by atoms with Gasteiger partial charge in [0, 0.05) is 0 Å². The number of ether oxygens (including phenoxy) is 1. The second kappa shape index (κ2) is 3.66. The van der Waals surface area contributed by atoms with Crippen LogP contribution in [0.25, 0.3) is 0 Å². The Morgan fingerprint density at radius 1 is 1.46 bits per heavy atom. The van der Waals surface area contributed by atoms with Gasteiger partial charge < -0.3 is 9.84 Å². The van der Waals surface area contributed by atoms with Crippen LogP contribution in [0.2, 0.25) is 0 Å². The van der Waals surface area contributed by atoms with Gasteiger partial charge in [-0.25, -0.2) is 0 Å². The molecular formula is C10H18O3. The first-order chi connectivity index (χ1) is 5.89. The monoisotopic (exact) mass is 186 g/mol. The van der Waals surface area contributed by atoms with E-state index in [-0.39, 0.29) is 24.0 Å². The maximum absolute atomic E-state index is 10.4. The molecule has 0 aromatic rings. The zero-order valence-corrected chi connectivity index (χ0v) is 8.54. The molecule has 3 nitrogen and oxygen atoms in total. The van der Waals surface area contributed by atoms with E-state index in [4.69, 9.17) is 9.84 Å². The molecule has 1 rings (SSSR count). The fourth-order valence-corrected chi connectivity index (χ4v) is 1.69. The molecule has 0 amide bonds. The van der Waals surface area contributed by atoms with Gasteiger partial charge in [-0.2, -0.15) is 0 Å². The lowest BCUT2D eigenvalue weighted by atomic mass is 9.87. The molecule has 2 atom stereocenters. The van der Waals surface area contributed by atoms with Crippen molar-refractivity contribution in [1.82, 2.24) is 0 Å². The number of rotatable bonds is 2. The molecule has 0 saturated carbocycles. The van der Waals surface area contributed by atoms with E-state index in [9.17, 15) is 4.79 Å². The minimum absolute atomic E-state index is 0.0678. The van der Waals surface area contributed by atoms with Crippen LogP contribution in [-0.2, 0) is 9.53 Å². The molecule has 1 saturated heterocycles. The van der Waals surface area contributed by atoms with Gasteiger partial charge in [0.15, 0.2) is 0 Å². The zero-order chi connectivity index (χ0) is 10.1. The molecule has 1 N–H and O–H groups in total. The summed E-state index contributed by atoms with van der Waals surface area (Å²) in [6.07, 6.45) is 2.17. The predicted molar refractivity (Wildman–Crippen MR) is 49.6 cm³/mol. The molecule has 13 heavy (non-hydrogen) atoms. The molecule has 1 heterocycles. The van der Waals surface area contributed by atoms with Crippen LogP contribution in [0, 0.1) is 5.41 Å². The Labute approximate surface area is 79.1 Å². The van der Waals surface area contributed by atoms with E-state index in [1.165, 1.54) is 0 Å². The van der Waals surface area contributed by atoms with Gasteiger partial charge in [0.2, 0.25) is 0 Å². The molecule has 0 bridgehead atoms. The summed E-state index contributed by atoms with van der Waals surface area (Å²) in [5.41, 5.74) is 0.132. The first-order valence-corrected chi connectivity index (χ1v) is 4.77. The van der Waals surface area contributed by atoms with Gasteiger partial charge in [-0.1, -0.05) is 20.8 Å². The zero-order valence-electron chi connectivity index (χ0n) is 8.54. The van der Waals surface area contributed by atoms with Crippen LogP contribution < -0.4 is 0 Å². The quantitative estimate of drug-likeness (QED) is 0.718. The van der Waals surface area contributed by atoms with E-state index < -0.39 is 5.97 Å². The summed E-state index contributed by atoms with van der Waals surface area (Å²) in [6.45, 7) is 6.38. The highest BCUT2D eigenvalue weighted by atomic mass is 16.5. The molecule has 1 fully saturated rings. The van der Waals surface area contributed by atoms with Crippen LogP contribution >= 0.6 is 0 Å². The highest BCUT2D eigenvalue weighted by Crippen LogP contribution is 2.34. The fraction of sp³-hybridized carbons (Fsp3) is 0.900. The molecule has 0 spiro atoms. The highest BCUT2D eigenvalue weighted by Gasteiger charge is 2.34. The van der Waals surface area contributed by atoms with Crippen molar-refractivity contribution in [2.24, 2.45) is 5.41 Å². The van der Waals surface area contributed by atoms with Gasteiger partial charge in [-0.15, -0.1) is 0 Å². The van der Waals surface area contributed by atoms with Crippen molar-refractivity contribution in [2.45, 2.75) is 52.2 Å². The largest absolute Gasteiger partial charge is 0.481 e. The van der Waals surface area contributed by atoms with Crippen molar-refractivity contribution >= 4 is 5.97 Å². The number of carboxylic acids is 1. The summed E-state index contributed by atoms with van der Waals surface area (Å²) < 4.78 is 5.66. The molecule has 0 aromatic heterocycles. The summed E-state index contributed by atoms with van der Waals surface area (Å²) in [7, 11) is 0. The Morgan fingerprint density at radius 3 is 2.46 bits per heavy atom. The maximum Gasteiger partial charge on any atom is 0.305 e. The third kappa shape index (κ3) is 2.99. The van der Waals surface area contributed by atoms with Gasteiger partial charge in [-0.05, 0) is 18.3 Å². The normalized spacial score (nSPS) is 29.2. The van der Waals surface area contributed by atoms with Crippen LogP contribution in [0.4, 0.5) is 0 Å². The van der Waals surface area contributed by atoms with Crippen molar-refractivity contribution < 1.29 is 14.6 Å². The third-order valence-corrected chi connectivity index (χ3v) is 2.48. The van der Waals surface area contributed by atoms with Gasteiger partial charge in [0.25, 0.3) is 0 Å². The summed E-state index contributed by atoms with van der Waals surface area (Å²) in [5.74, 6) is -0.764. The molecule has 76 valence electrons. The van der Waals surface area contributed by atoms with Crippen molar-refractivity contribution in [3.63, 3.8) is 0 Å². The fourth-order valence-electron chi connectivity index (χ4n) is 1.69. The minimum atomic E-state index is -0.764. The van der Waals surface area contributed by atoms with Crippen LogP contribution in [0.15, 0.2) is 0 Å². The number of hydrogen-bond acceptors (Lipinski definition) is 2. The van der Waals surface area contributed by atoms with E-state index in [1.807, 2.05) is 0 Å². The van der Waals surface area contributed by atoms with Gasteiger partial charge >= 0.3 is 5.97 Å². The summed E-state index contributed by atoms with van der Waals surface area (Å²) in [4.78, 5) is 10.4. The van der Waals surface area contributed by atoms with Crippen molar-refractivity contribution in [3.05, 3.63) is 0 Å². The third-order valence-electron chi connectivity index (χ3n) is 2.48. The molecule has 3 heteroatoms. The van der Waals surface area contributed by atoms with Gasteiger partial charge in [0.05, 0.1) is 18.6 Å². The topological polar surface area (TPSA) is 46.5 Å². The molecule has 1 aliphatic rings. The Bertz CT molecular complexity index is 193. The second-order valence-electron chi connectivity index (χ2n) is 4.79. The van der Waals surface area contributed by atoms with Crippen LogP contribution in [0.1, 0.15) is 40.0 Å². The van der Waals surface area contributed by atoms with E-state index in [0.717, 1.165) is 12.8 Å². The van der Waals surface area contributed by atoms with E-state index in [1.54, 1.807) is 0 Å². The van der Waals surface area contributed by atoms with E-state index in [2.05, 4.69) is 20.8 Å². The van der Waals surface area contributed by atoms with Crippen LogP contribution in [0.5, 0.6) is 0 Å². The van der Waals surface area contributed by atoms with Crippen LogP contribution in [-0.4, -0.2) is 23.3 Å². The summed E-state index contributed by atoms with van der Waals surface area (Å²) >= 11 is 0. The molecule has 0 radical (unpaired) electrons. The Morgan fingerprint density at radius 2 is 2.08 bits per heavy atom. The Kier molecular flexibility index (Phi) is 2.96. The minimum Gasteiger partial charge on any atom is -0.481 e. The first-order valence-electron chi connectivity index (χ1n) is 4.77. The second-order valence-corrected chi connectivity index (χ2v) is 4.79. The van der Waals surface area contributed by atoms with Crippen molar-refractivity contribution in [1.29, 1.82) is 0 Å². The highest BCUT2D eigenvalue weighted by molar-refractivity contribution is 5.67. The Hall–Kier alpha value is -0.570. The van der Waals surface area contributed by atoms with E-state index >= 15 is 0 Å². The lowest BCUT2D eigenvalue weighted by Gasteiger charge is -2.26. The molecular weight excluding hydrogens is 168 g/mol. The van der Waals surface area contributed by atoms with Gasteiger partial charge in [0.1, 0.15) is 0 Å². The average Bonchev–Trinajstić information content (AvgIpc) is 2.32. The van der Waals surface area contributed by atoms with Crippen LogP contribution in [0.3, 0.4) is 0 Å². The lowest BCUT2D eigenvalue weighted by molar-refractivity contribution is -0.140. The maximum atomic E-state index is 10.4. The summed E-state index contributed by atoms with van der Waals surface area (Å²) in [5, 5.41) is 8.58. The van der Waals surface area contributed by atoms with E-state index in [0.29, 0.717) is 0 Å². The number of aliphatic carboxylic acids is 1. The Balaban J connectivity index is 2.41.